The maximum Gasteiger partial charge on any atom is 0.282 e. The zero-order valence-corrected chi connectivity index (χ0v) is 17.0. The zero-order chi connectivity index (χ0) is 21.5. The molecule has 2 amide bonds. The molecule has 11 heteroatoms. The molecule has 0 atom stereocenters. The first-order valence-electron chi connectivity index (χ1n) is 8.54. The fraction of sp³-hybridized carbons (Fsp3) is 0.105. The Morgan fingerprint density at radius 2 is 1.87 bits per heavy atom. The number of nitro benzene ring substituents is 1. The number of nitrogens with one attached hydrogen (secondary N) is 2. The van der Waals surface area contributed by atoms with Gasteiger partial charge in [0.05, 0.1) is 16.4 Å². The van der Waals surface area contributed by atoms with Crippen LogP contribution < -0.4 is 10.6 Å². The van der Waals surface area contributed by atoms with Crippen LogP contribution in [-0.2, 0) is 10.5 Å². The van der Waals surface area contributed by atoms with Crippen LogP contribution in [0.1, 0.15) is 16.1 Å². The van der Waals surface area contributed by atoms with E-state index in [2.05, 4.69) is 15.6 Å². The van der Waals surface area contributed by atoms with Crippen molar-refractivity contribution in [3.05, 3.63) is 81.1 Å². The van der Waals surface area contributed by atoms with Crippen LogP contribution in [0.25, 0.3) is 0 Å². The molecule has 1 heterocycles. The minimum absolute atomic E-state index is 0.0499. The predicted octanol–water partition coefficient (Wildman–Crippen LogP) is 4.31. The highest BCUT2D eigenvalue weighted by molar-refractivity contribution is 7.99. The maximum atomic E-state index is 12.9. The SMILES string of the molecule is O=C(CSCc1csc(NC(=O)c2ccccc2[N+](=O)[O-])n1)Nc1ccc(F)cc1. The third kappa shape index (κ3) is 5.84. The standard InChI is InChI=1S/C19H15FN4O4S2/c20-12-5-7-13(8-6-12)21-17(25)11-29-9-14-10-30-19(22-14)23-18(26)15-3-1-2-4-16(15)24(27)28/h1-8,10H,9,11H2,(H,21,25)(H,22,23,26). The summed E-state index contributed by atoms with van der Waals surface area (Å²) in [5.41, 5.74) is 0.841. The van der Waals surface area contributed by atoms with Crippen molar-refractivity contribution in [3.63, 3.8) is 0 Å². The summed E-state index contributed by atoms with van der Waals surface area (Å²) in [4.78, 5) is 38.9. The van der Waals surface area contributed by atoms with Crippen LogP contribution in [0.15, 0.2) is 53.9 Å². The molecule has 2 N–H and O–H groups in total. The monoisotopic (exact) mass is 446 g/mol. The molecule has 3 rings (SSSR count). The molecule has 154 valence electrons. The summed E-state index contributed by atoms with van der Waals surface area (Å²) in [5, 5.41) is 18.3. The van der Waals surface area contributed by atoms with E-state index in [0.717, 1.165) is 0 Å². The second kappa shape index (κ2) is 9.94. The molecule has 0 aliphatic heterocycles. The summed E-state index contributed by atoms with van der Waals surface area (Å²) in [7, 11) is 0. The summed E-state index contributed by atoms with van der Waals surface area (Å²) >= 11 is 2.52. The summed E-state index contributed by atoms with van der Waals surface area (Å²) in [6, 6.07) is 11.1. The number of thioether (sulfide) groups is 1. The number of halogens is 1. The molecule has 0 spiro atoms. The first-order chi connectivity index (χ1) is 14.4. The van der Waals surface area contributed by atoms with Gasteiger partial charge in [0.15, 0.2) is 5.13 Å². The number of benzene rings is 2. The van der Waals surface area contributed by atoms with Crippen molar-refractivity contribution in [3.8, 4) is 0 Å². The lowest BCUT2D eigenvalue weighted by atomic mass is 10.1. The Labute approximate surface area is 178 Å². The Balaban J connectivity index is 1.49. The molecule has 0 fully saturated rings. The molecule has 2 aromatic carbocycles. The zero-order valence-electron chi connectivity index (χ0n) is 15.3. The van der Waals surface area contributed by atoms with Gasteiger partial charge in [0.25, 0.3) is 11.6 Å². The lowest BCUT2D eigenvalue weighted by Gasteiger charge is -2.04. The lowest BCUT2D eigenvalue weighted by Crippen LogP contribution is -2.14. The number of nitro groups is 1. The van der Waals surface area contributed by atoms with Crippen LogP contribution >= 0.6 is 23.1 Å². The van der Waals surface area contributed by atoms with E-state index < -0.39 is 10.8 Å². The number of carbonyl (C=O) groups is 2. The molecule has 0 aliphatic rings. The molecular formula is C19H15FN4O4S2. The Kier molecular flexibility index (Phi) is 7.09. The highest BCUT2D eigenvalue weighted by atomic mass is 32.2. The quantitative estimate of drug-likeness (QED) is 0.394. The van der Waals surface area contributed by atoms with Crippen molar-refractivity contribution >= 4 is 51.4 Å². The number of nitrogens with zero attached hydrogens (tertiary/aromatic N) is 2. The molecule has 0 saturated carbocycles. The fourth-order valence-corrected chi connectivity index (χ4v) is 3.93. The van der Waals surface area contributed by atoms with Gasteiger partial charge in [-0.3, -0.25) is 25.0 Å². The number of amides is 2. The molecule has 1 aromatic heterocycles. The van der Waals surface area contributed by atoms with Crippen molar-refractivity contribution in [1.29, 1.82) is 0 Å². The largest absolute Gasteiger partial charge is 0.325 e. The van der Waals surface area contributed by atoms with Crippen LogP contribution in [0.3, 0.4) is 0 Å². The topological polar surface area (TPSA) is 114 Å². The van der Waals surface area contributed by atoms with E-state index >= 15 is 0 Å². The van der Waals surface area contributed by atoms with Gasteiger partial charge in [0.1, 0.15) is 11.4 Å². The Bertz CT molecular complexity index is 1070. The second-order valence-electron chi connectivity index (χ2n) is 5.92. The molecule has 30 heavy (non-hydrogen) atoms. The number of thiazole rings is 1. The number of carbonyl (C=O) groups excluding carboxylic acids is 2. The number of anilines is 2. The first kappa shape index (κ1) is 21.4. The maximum absolute atomic E-state index is 12.9. The van der Waals surface area contributed by atoms with Gasteiger partial charge >= 0.3 is 0 Å². The number of hydrogen-bond acceptors (Lipinski definition) is 7. The number of para-hydroxylation sites is 1. The molecule has 0 saturated heterocycles. The van der Waals surface area contributed by atoms with Crippen LogP contribution in [0.2, 0.25) is 0 Å². The Hall–Kier alpha value is -3.31. The molecule has 0 radical (unpaired) electrons. The first-order valence-corrected chi connectivity index (χ1v) is 10.6. The lowest BCUT2D eigenvalue weighted by molar-refractivity contribution is -0.385. The molecule has 0 aliphatic carbocycles. The summed E-state index contributed by atoms with van der Waals surface area (Å²) < 4.78 is 12.9. The van der Waals surface area contributed by atoms with E-state index in [1.807, 2.05) is 0 Å². The van der Waals surface area contributed by atoms with E-state index in [1.54, 1.807) is 11.4 Å². The summed E-state index contributed by atoms with van der Waals surface area (Å²) in [6.07, 6.45) is 0. The third-order valence-corrected chi connectivity index (χ3v) is 5.50. The molecule has 0 bridgehead atoms. The number of aromatic nitrogens is 1. The Morgan fingerprint density at radius 1 is 1.13 bits per heavy atom. The van der Waals surface area contributed by atoms with Crippen molar-refractivity contribution in [2.24, 2.45) is 0 Å². The van der Waals surface area contributed by atoms with Gasteiger partial charge in [0.2, 0.25) is 5.91 Å². The van der Waals surface area contributed by atoms with Crippen LogP contribution in [-0.4, -0.2) is 27.5 Å². The van der Waals surface area contributed by atoms with Crippen molar-refractivity contribution in [1.82, 2.24) is 4.98 Å². The fourth-order valence-electron chi connectivity index (χ4n) is 2.40. The van der Waals surface area contributed by atoms with E-state index in [1.165, 1.54) is 65.6 Å². The Morgan fingerprint density at radius 3 is 2.60 bits per heavy atom. The van der Waals surface area contributed by atoms with Crippen molar-refractivity contribution in [2.45, 2.75) is 5.75 Å². The molecule has 0 unspecified atom stereocenters. The summed E-state index contributed by atoms with van der Waals surface area (Å²) in [5.74, 6) is -0.612. The number of hydrogen-bond donors (Lipinski definition) is 2. The van der Waals surface area contributed by atoms with Gasteiger partial charge in [-0.15, -0.1) is 23.1 Å². The van der Waals surface area contributed by atoms with E-state index in [4.69, 9.17) is 0 Å². The van der Waals surface area contributed by atoms with E-state index in [9.17, 15) is 24.1 Å². The average molecular weight is 446 g/mol. The molecule has 8 nitrogen and oxygen atoms in total. The highest BCUT2D eigenvalue weighted by Gasteiger charge is 2.20. The third-order valence-electron chi connectivity index (χ3n) is 3.73. The van der Waals surface area contributed by atoms with Gasteiger partial charge in [-0.25, -0.2) is 9.37 Å². The van der Waals surface area contributed by atoms with Gasteiger partial charge in [-0.2, -0.15) is 0 Å². The summed E-state index contributed by atoms with van der Waals surface area (Å²) in [6.45, 7) is 0. The highest BCUT2D eigenvalue weighted by Crippen LogP contribution is 2.23. The smallest absolute Gasteiger partial charge is 0.282 e. The molecule has 3 aromatic rings. The van der Waals surface area contributed by atoms with Gasteiger partial charge in [0, 0.05) is 22.9 Å². The average Bonchev–Trinajstić information content (AvgIpc) is 3.16. The van der Waals surface area contributed by atoms with Crippen LogP contribution in [0.5, 0.6) is 0 Å². The second-order valence-corrected chi connectivity index (χ2v) is 7.76. The van der Waals surface area contributed by atoms with Gasteiger partial charge in [-0.05, 0) is 30.3 Å². The minimum Gasteiger partial charge on any atom is -0.325 e. The normalized spacial score (nSPS) is 10.4. The van der Waals surface area contributed by atoms with E-state index in [-0.39, 0.29) is 28.7 Å². The molecular weight excluding hydrogens is 431 g/mol. The van der Waals surface area contributed by atoms with E-state index in [0.29, 0.717) is 22.3 Å². The van der Waals surface area contributed by atoms with Crippen molar-refractivity contribution in [2.75, 3.05) is 16.4 Å². The van der Waals surface area contributed by atoms with Crippen molar-refractivity contribution < 1.29 is 18.9 Å². The van der Waals surface area contributed by atoms with Gasteiger partial charge < -0.3 is 5.32 Å². The van der Waals surface area contributed by atoms with Crippen LogP contribution in [0, 0.1) is 15.9 Å². The predicted molar refractivity (Wildman–Crippen MR) is 114 cm³/mol. The number of rotatable bonds is 8. The van der Waals surface area contributed by atoms with Crippen LogP contribution in [0.4, 0.5) is 20.9 Å². The van der Waals surface area contributed by atoms with Gasteiger partial charge in [-0.1, -0.05) is 12.1 Å². The minimum atomic E-state index is -0.616.